The van der Waals surface area contributed by atoms with Crippen LogP contribution in [0.2, 0.25) is 0 Å². The van der Waals surface area contributed by atoms with Gasteiger partial charge in [-0.2, -0.15) is 0 Å². The smallest absolute Gasteiger partial charge is 0.354 e. The van der Waals surface area contributed by atoms with E-state index in [2.05, 4.69) is 20.3 Å². The van der Waals surface area contributed by atoms with Gasteiger partial charge in [-0.3, -0.25) is 14.7 Å². The van der Waals surface area contributed by atoms with Gasteiger partial charge in [0.15, 0.2) is 0 Å². The fraction of sp³-hybridized carbons (Fsp3) is 0.133. The summed E-state index contributed by atoms with van der Waals surface area (Å²) >= 11 is 0. The average Bonchev–Trinajstić information content (AvgIpc) is 3.11. The Hall–Kier alpha value is -3.49. The van der Waals surface area contributed by atoms with Gasteiger partial charge in [0.25, 0.3) is 0 Å². The number of benzene rings is 1. The predicted molar refractivity (Wildman–Crippen MR) is 86.7 cm³/mol. The lowest BCUT2D eigenvalue weighted by Crippen LogP contribution is -2.06. The van der Waals surface area contributed by atoms with Gasteiger partial charge in [0.05, 0.1) is 11.5 Å². The summed E-state index contributed by atoms with van der Waals surface area (Å²) in [6.07, 6.45) is 5.80. The van der Waals surface area contributed by atoms with Crippen LogP contribution in [0.15, 0.2) is 49.3 Å². The minimum absolute atomic E-state index is 0.0999. The topological polar surface area (TPSA) is 108 Å². The molecule has 0 atom stereocenters. The van der Waals surface area contributed by atoms with E-state index in [1.165, 1.54) is 23.4 Å². The van der Waals surface area contributed by atoms with Crippen LogP contribution in [0, 0.1) is 10.1 Å². The summed E-state index contributed by atoms with van der Waals surface area (Å²) in [5.41, 5.74) is 0.418. The van der Waals surface area contributed by atoms with Crippen molar-refractivity contribution in [2.75, 3.05) is 11.9 Å². The first-order valence-electron chi connectivity index (χ1n) is 7.16. The zero-order chi connectivity index (χ0) is 16.9. The van der Waals surface area contributed by atoms with Crippen LogP contribution in [-0.4, -0.2) is 31.0 Å². The summed E-state index contributed by atoms with van der Waals surface area (Å²) < 4.78 is 6.83. The second-order valence-corrected chi connectivity index (χ2v) is 4.70. The summed E-state index contributed by atoms with van der Waals surface area (Å²) in [5.74, 6) is 0.961. The highest BCUT2D eigenvalue weighted by atomic mass is 16.6. The highest BCUT2D eigenvalue weighted by molar-refractivity contribution is 5.70. The van der Waals surface area contributed by atoms with Crippen LogP contribution in [0.1, 0.15) is 6.92 Å². The highest BCUT2D eigenvalue weighted by Gasteiger charge is 2.24. The lowest BCUT2D eigenvalue weighted by molar-refractivity contribution is -0.384. The van der Waals surface area contributed by atoms with E-state index < -0.39 is 4.92 Å². The van der Waals surface area contributed by atoms with Crippen molar-refractivity contribution in [1.29, 1.82) is 0 Å². The van der Waals surface area contributed by atoms with Gasteiger partial charge >= 0.3 is 5.69 Å². The lowest BCUT2D eigenvalue weighted by atomic mass is 10.3. The fourth-order valence-corrected chi connectivity index (χ4v) is 2.14. The van der Waals surface area contributed by atoms with E-state index in [9.17, 15) is 10.1 Å². The molecule has 0 bridgehead atoms. The molecule has 0 aliphatic rings. The first kappa shape index (κ1) is 15.4. The number of anilines is 2. The van der Waals surface area contributed by atoms with E-state index in [0.717, 1.165) is 5.75 Å². The van der Waals surface area contributed by atoms with Crippen LogP contribution in [0.25, 0.3) is 5.82 Å². The number of nitrogens with zero attached hydrogens (tertiary/aromatic N) is 5. The SMILES string of the molecule is CCOc1ccc(Nc2ncnc(-n3ccnc3)c2[N+](=O)[O-])cc1. The molecule has 24 heavy (non-hydrogen) atoms. The molecule has 0 saturated carbocycles. The van der Waals surface area contributed by atoms with Crippen molar-refractivity contribution in [3.05, 3.63) is 59.4 Å². The summed E-state index contributed by atoms with van der Waals surface area (Å²) in [4.78, 5) is 22.9. The number of aromatic nitrogens is 4. The molecule has 0 amide bonds. The first-order valence-corrected chi connectivity index (χ1v) is 7.16. The Labute approximate surface area is 137 Å². The van der Waals surface area contributed by atoms with E-state index in [1.54, 1.807) is 30.5 Å². The molecule has 2 heterocycles. The number of imidazole rings is 1. The maximum absolute atomic E-state index is 11.5. The summed E-state index contributed by atoms with van der Waals surface area (Å²) in [7, 11) is 0. The van der Waals surface area contributed by atoms with Crippen LogP contribution < -0.4 is 10.1 Å². The summed E-state index contributed by atoms with van der Waals surface area (Å²) in [6.45, 7) is 2.46. The van der Waals surface area contributed by atoms with Gasteiger partial charge in [0.1, 0.15) is 18.4 Å². The van der Waals surface area contributed by atoms with Crippen molar-refractivity contribution in [3.63, 3.8) is 0 Å². The summed E-state index contributed by atoms with van der Waals surface area (Å²) in [6, 6.07) is 7.06. The minimum Gasteiger partial charge on any atom is -0.494 e. The molecule has 2 aromatic heterocycles. The number of hydrogen-bond acceptors (Lipinski definition) is 7. The molecule has 0 unspecified atom stereocenters. The van der Waals surface area contributed by atoms with Gasteiger partial charge in [0, 0.05) is 18.1 Å². The molecular weight excluding hydrogens is 312 g/mol. The van der Waals surface area contributed by atoms with Crippen molar-refractivity contribution in [3.8, 4) is 11.6 Å². The third kappa shape index (κ3) is 3.14. The molecule has 0 fully saturated rings. The first-order chi connectivity index (χ1) is 11.7. The van der Waals surface area contributed by atoms with Crippen molar-refractivity contribution < 1.29 is 9.66 Å². The number of nitrogens with one attached hydrogen (secondary N) is 1. The largest absolute Gasteiger partial charge is 0.494 e. The molecule has 1 aromatic carbocycles. The Morgan fingerprint density at radius 1 is 1.29 bits per heavy atom. The Balaban J connectivity index is 1.96. The molecule has 9 heteroatoms. The van der Waals surface area contributed by atoms with Crippen molar-refractivity contribution in [2.45, 2.75) is 6.92 Å². The number of rotatable bonds is 6. The second kappa shape index (κ2) is 6.73. The van der Waals surface area contributed by atoms with Crippen molar-refractivity contribution >= 4 is 17.2 Å². The zero-order valence-corrected chi connectivity index (χ0v) is 12.8. The van der Waals surface area contributed by atoms with E-state index in [-0.39, 0.29) is 17.3 Å². The molecule has 0 aliphatic heterocycles. The van der Waals surface area contributed by atoms with Crippen LogP contribution in [0.3, 0.4) is 0 Å². The number of nitro groups is 1. The number of ether oxygens (including phenoxy) is 1. The van der Waals surface area contributed by atoms with Crippen LogP contribution in [0.5, 0.6) is 5.75 Å². The molecule has 1 N–H and O–H groups in total. The summed E-state index contributed by atoms with van der Waals surface area (Å²) in [5, 5.41) is 14.4. The van der Waals surface area contributed by atoms with Gasteiger partial charge in [-0.15, -0.1) is 0 Å². The van der Waals surface area contributed by atoms with Gasteiger partial charge < -0.3 is 10.1 Å². The Morgan fingerprint density at radius 3 is 2.71 bits per heavy atom. The Morgan fingerprint density at radius 2 is 2.08 bits per heavy atom. The van der Waals surface area contributed by atoms with E-state index in [1.807, 2.05) is 6.92 Å². The van der Waals surface area contributed by atoms with Gasteiger partial charge in [-0.05, 0) is 31.2 Å². The Bertz CT molecular complexity index is 833. The molecular formula is C15H14N6O3. The highest BCUT2D eigenvalue weighted by Crippen LogP contribution is 2.30. The maximum Gasteiger partial charge on any atom is 0.354 e. The van der Waals surface area contributed by atoms with Crippen molar-refractivity contribution in [2.24, 2.45) is 0 Å². The zero-order valence-electron chi connectivity index (χ0n) is 12.8. The molecule has 3 rings (SSSR count). The van der Waals surface area contributed by atoms with Gasteiger partial charge in [-0.1, -0.05) is 0 Å². The van der Waals surface area contributed by atoms with Crippen LogP contribution in [-0.2, 0) is 0 Å². The normalized spacial score (nSPS) is 10.4. The predicted octanol–water partition coefficient (Wildman–Crippen LogP) is 2.71. The monoisotopic (exact) mass is 326 g/mol. The molecule has 122 valence electrons. The lowest BCUT2D eigenvalue weighted by Gasteiger charge is -2.09. The Kier molecular flexibility index (Phi) is 4.32. The van der Waals surface area contributed by atoms with Crippen molar-refractivity contribution in [1.82, 2.24) is 19.5 Å². The number of hydrogen-bond donors (Lipinski definition) is 1. The molecule has 3 aromatic rings. The van der Waals surface area contributed by atoms with Gasteiger partial charge in [-0.25, -0.2) is 15.0 Å². The second-order valence-electron chi connectivity index (χ2n) is 4.70. The van der Waals surface area contributed by atoms with Crippen LogP contribution >= 0.6 is 0 Å². The fourth-order valence-electron chi connectivity index (χ4n) is 2.14. The molecule has 0 radical (unpaired) electrons. The standard InChI is InChI=1S/C15H14N6O3/c1-2-24-12-5-3-11(4-6-12)19-14-13(21(22)23)15(18-9-17-14)20-8-7-16-10-20/h3-10H,2H2,1H3,(H,17,18,19). The third-order valence-electron chi connectivity index (χ3n) is 3.16. The molecule has 0 spiro atoms. The van der Waals surface area contributed by atoms with E-state index in [4.69, 9.17) is 4.74 Å². The quantitative estimate of drug-likeness (QED) is 0.548. The van der Waals surface area contributed by atoms with Crippen LogP contribution in [0.4, 0.5) is 17.2 Å². The maximum atomic E-state index is 11.5. The van der Waals surface area contributed by atoms with E-state index >= 15 is 0 Å². The molecule has 0 aliphatic carbocycles. The third-order valence-corrected chi connectivity index (χ3v) is 3.16. The minimum atomic E-state index is -0.522. The van der Waals surface area contributed by atoms with E-state index in [0.29, 0.717) is 12.3 Å². The molecule has 0 saturated heterocycles. The average molecular weight is 326 g/mol. The molecule has 9 nitrogen and oxygen atoms in total. The van der Waals surface area contributed by atoms with Gasteiger partial charge in [0.2, 0.25) is 11.6 Å².